The maximum Gasteiger partial charge on any atom is 0.303 e. The Morgan fingerprint density at radius 2 is 1.41 bits per heavy atom. The molecule has 0 radical (unpaired) electrons. The number of hydrogen-bond acceptors (Lipinski definition) is 8. The van der Waals surface area contributed by atoms with Crippen molar-refractivity contribution in [1.29, 1.82) is 0 Å². The van der Waals surface area contributed by atoms with Gasteiger partial charge in [-0.05, 0) is 24.1 Å². The van der Waals surface area contributed by atoms with E-state index in [1.165, 1.54) is 20.8 Å². The molecular formula is C20H25IO8. The fraction of sp³-hybridized carbons (Fsp3) is 0.550. The first kappa shape index (κ1) is 23.4. The second-order valence-corrected chi connectivity index (χ2v) is 7.42. The third kappa shape index (κ3) is 6.56. The van der Waals surface area contributed by atoms with E-state index in [4.69, 9.17) is 23.7 Å². The van der Waals surface area contributed by atoms with Crippen LogP contribution in [0.2, 0.25) is 0 Å². The molecule has 1 aliphatic heterocycles. The van der Waals surface area contributed by atoms with Crippen LogP contribution in [-0.2, 0) is 39.8 Å². The highest BCUT2D eigenvalue weighted by Gasteiger charge is 2.52. The summed E-state index contributed by atoms with van der Waals surface area (Å²) in [6, 6.07) is 7.40. The molecule has 1 aromatic rings. The molecule has 29 heavy (non-hydrogen) atoms. The molecule has 2 rings (SSSR count). The molecule has 160 valence electrons. The van der Waals surface area contributed by atoms with Gasteiger partial charge in [-0.25, -0.2) is 0 Å². The average Bonchev–Trinajstić information content (AvgIpc) is 2.65. The van der Waals surface area contributed by atoms with Gasteiger partial charge in [0.25, 0.3) is 0 Å². The SMILES string of the molecule is CCc1ccc(O[C@H]2O[C@H](CI)[C@@H](OC(C)=O)[C@H](OC(C)=O)[C@H]2OC(C)=O)cc1. The van der Waals surface area contributed by atoms with E-state index in [0.29, 0.717) is 10.2 Å². The molecular weight excluding hydrogens is 495 g/mol. The second-order valence-electron chi connectivity index (χ2n) is 6.53. The van der Waals surface area contributed by atoms with Crippen LogP contribution >= 0.6 is 22.6 Å². The van der Waals surface area contributed by atoms with Crippen LogP contribution < -0.4 is 4.74 Å². The van der Waals surface area contributed by atoms with Crippen molar-refractivity contribution < 1.29 is 38.1 Å². The predicted octanol–water partition coefficient (Wildman–Crippen LogP) is 2.58. The van der Waals surface area contributed by atoms with Gasteiger partial charge in [0.05, 0.1) is 0 Å². The highest BCUT2D eigenvalue weighted by atomic mass is 127. The van der Waals surface area contributed by atoms with Gasteiger partial charge >= 0.3 is 17.9 Å². The summed E-state index contributed by atoms with van der Waals surface area (Å²) in [4.78, 5) is 35.0. The van der Waals surface area contributed by atoms with Gasteiger partial charge < -0.3 is 23.7 Å². The molecule has 0 saturated carbocycles. The lowest BCUT2D eigenvalue weighted by Crippen LogP contribution is -2.63. The van der Waals surface area contributed by atoms with Crippen LogP contribution in [0.25, 0.3) is 0 Å². The Balaban J connectivity index is 2.37. The van der Waals surface area contributed by atoms with Crippen molar-refractivity contribution in [3.8, 4) is 5.75 Å². The van der Waals surface area contributed by atoms with Crippen LogP contribution in [0.4, 0.5) is 0 Å². The number of halogens is 1. The highest BCUT2D eigenvalue weighted by Crippen LogP contribution is 2.31. The molecule has 8 nitrogen and oxygen atoms in total. The van der Waals surface area contributed by atoms with E-state index in [9.17, 15) is 14.4 Å². The number of ether oxygens (including phenoxy) is 5. The number of rotatable bonds is 7. The highest BCUT2D eigenvalue weighted by molar-refractivity contribution is 14.1. The van der Waals surface area contributed by atoms with E-state index in [1.807, 2.05) is 19.1 Å². The van der Waals surface area contributed by atoms with Crippen molar-refractivity contribution in [3.05, 3.63) is 29.8 Å². The lowest BCUT2D eigenvalue weighted by molar-refractivity contribution is -0.279. The minimum atomic E-state index is -1.12. The summed E-state index contributed by atoms with van der Waals surface area (Å²) in [6.45, 7) is 5.74. The standard InChI is InChI=1S/C20H25IO8/c1-5-14-6-8-15(9-7-14)28-20-19(27-13(4)24)18(26-12(3)23)17(25-11(2)22)16(10-21)29-20/h6-9,16-20H,5,10H2,1-4H3/t16-,17-,18+,19-,20+/m1/s1. The summed E-state index contributed by atoms with van der Waals surface area (Å²) in [5.41, 5.74) is 1.14. The Labute approximate surface area is 183 Å². The third-order valence-electron chi connectivity index (χ3n) is 4.23. The lowest BCUT2D eigenvalue weighted by Gasteiger charge is -2.43. The van der Waals surface area contributed by atoms with Crippen molar-refractivity contribution in [2.24, 2.45) is 0 Å². The zero-order valence-electron chi connectivity index (χ0n) is 16.8. The predicted molar refractivity (Wildman–Crippen MR) is 111 cm³/mol. The largest absolute Gasteiger partial charge is 0.461 e. The normalized spacial score (nSPS) is 26.3. The van der Waals surface area contributed by atoms with Crippen LogP contribution in [-0.4, -0.2) is 53.0 Å². The Kier molecular flexibility index (Phi) is 8.69. The molecule has 0 N–H and O–H groups in total. The number of alkyl halides is 1. The van der Waals surface area contributed by atoms with Crippen LogP contribution in [0.3, 0.4) is 0 Å². The molecule has 0 unspecified atom stereocenters. The van der Waals surface area contributed by atoms with Gasteiger partial charge in [-0.15, -0.1) is 0 Å². The van der Waals surface area contributed by atoms with E-state index in [-0.39, 0.29) is 0 Å². The fourth-order valence-electron chi connectivity index (χ4n) is 3.01. The van der Waals surface area contributed by atoms with Gasteiger partial charge in [0.1, 0.15) is 11.9 Å². The van der Waals surface area contributed by atoms with Gasteiger partial charge in [0.2, 0.25) is 12.4 Å². The minimum Gasteiger partial charge on any atom is -0.461 e. The first-order valence-corrected chi connectivity index (χ1v) is 10.8. The molecule has 1 aromatic carbocycles. The van der Waals surface area contributed by atoms with Crippen molar-refractivity contribution >= 4 is 40.5 Å². The number of hydrogen-bond donors (Lipinski definition) is 0. The number of aryl methyl sites for hydroxylation is 1. The van der Waals surface area contributed by atoms with Crippen molar-refractivity contribution in [3.63, 3.8) is 0 Å². The van der Waals surface area contributed by atoms with Crippen LogP contribution in [0, 0.1) is 0 Å². The summed E-state index contributed by atoms with van der Waals surface area (Å²) in [5, 5.41) is 0. The summed E-state index contributed by atoms with van der Waals surface area (Å²) >= 11 is 2.08. The van der Waals surface area contributed by atoms with Gasteiger partial charge in [0.15, 0.2) is 12.2 Å². The molecule has 0 amide bonds. The molecule has 0 spiro atoms. The topological polar surface area (TPSA) is 97.4 Å². The third-order valence-corrected chi connectivity index (χ3v) is 5.10. The summed E-state index contributed by atoms with van der Waals surface area (Å²) in [7, 11) is 0. The number of benzene rings is 1. The van der Waals surface area contributed by atoms with Crippen LogP contribution in [0.1, 0.15) is 33.3 Å². The van der Waals surface area contributed by atoms with E-state index in [2.05, 4.69) is 22.6 Å². The summed E-state index contributed by atoms with van der Waals surface area (Å²) in [5.74, 6) is -1.28. The summed E-state index contributed by atoms with van der Waals surface area (Å²) in [6.07, 6.45) is -3.94. The van der Waals surface area contributed by atoms with Crippen molar-refractivity contribution in [2.45, 2.75) is 64.8 Å². The van der Waals surface area contributed by atoms with Crippen molar-refractivity contribution in [1.82, 2.24) is 0 Å². The Bertz CT molecular complexity index is 720. The number of carbonyl (C=O) groups is 3. The molecule has 0 aromatic heterocycles. The Hall–Kier alpha value is -1.88. The molecule has 1 heterocycles. The van der Waals surface area contributed by atoms with Gasteiger partial charge in [0, 0.05) is 25.2 Å². The molecule has 0 bridgehead atoms. The van der Waals surface area contributed by atoms with E-state index in [1.54, 1.807) is 12.1 Å². The van der Waals surface area contributed by atoms with E-state index >= 15 is 0 Å². The first-order chi connectivity index (χ1) is 13.7. The Morgan fingerprint density at radius 1 is 0.897 bits per heavy atom. The summed E-state index contributed by atoms with van der Waals surface area (Å²) < 4.78 is 28.4. The van der Waals surface area contributed by atoms with Gasteiger partial charge in [-0.3, -0.25) is 14.4 Å². The minimum absolute atomic E-state index is 0.425. The quantitative estimate of drug-likeness (QED) is 0.234. The van der Waals surface area contributed by atoms with Gasteiger partial charge in [-0.1, -0.05) is 41.6 Å². The van der Waals surface area contributed by atoms with Crippen LogP contribution in [0.5, 0.6) is 5.75 Å². The molecule has 1 fully saturated rings. The maximum absolute atomic E-state index is 11.7. The number of esters is 3. The molecule has 0 aliphatic carbocycles. The Morgan fingerprint density at radius 3 is 1.90 bits per heavy atom. The molecule has 1 saturated heterocycles. The lowest BCUT2D eigenvalue weighted by atomic mass is 9.98. The second kappa shape index (κ2) is 10.8. The zero-order chi connectivity index (χ0) is 21.6. The average molecular weight is 520 g/mol. The van der Waals surface area contributed by atoms with E-state index < -0.39 is 48.6 Å². The maximum atomic E-state index is 11.7. The van der Waals surface area contributed by atoms with E-state index in [0.717, 1.165) is 12.0 Å². The zero-order valence-corrected chi connectivity index (χ0v) is 18.9. The monoisotopic (exact) mass is 520 g/mol. The first-order valence-electron chi connectivity index (χ1n) is 9.23. The van der Waals surface area contributed by atoms with Crippen molar-refractivity contribution in [2.75, 3.05) is 4.43 Å². The fourth-order valence-corrected chi connectivity index (χ4v) is 3.72. The molecule has 9 heteroatoms. The molecule has 1 aliphatic rings. The van der Waals surface area contributed by atoms with Gasteiger partial charge in [-0.2, -0.15) is 0 Å². The van der Waals surface area contributed by atoms with Crippen LogP contribution in [0.15, 0.2) is 24.3 Å². The number of carbonyl (C=O) groups excluding carboxylic acids is 3. The smallest absolute Gasteiger partial charge is 0.303 e. The molecule has 5 atom stereocenters.